The SMILES string of the molecule is CCCC/C=C\CCCCCCCC(=O)OCC(COCCCCCCCCC/C=C\C/C=C\C/C=C\CCCCC)OC(=O)CCCCCCCCCCC. The molecular formula is C51H92O5. The van der Waals surface area contributed by atoms with E-state index in [0.29, 0.717) is 19.4 Å². The Kier molecular flexibility index (Phi) is 45.4. The maximum Gasteiger partial charge on any atom is 0.306 e. The van der Waals surface area contributed by atoms with Gasteiger partial charge in [-0.1, -0.05) is 198 Å². The molecule has 0 aromatic heterocycles. The highest BCUT2D eigenvalue weighted by Crippen LogP contribution is 2.14. The first-order valence-electron chi connectivity index (χ1n) is 24.2. The third-order valence-corrected chi connectivity index (χ3v) is 10.3. The van der Waals surface area contributed by atoms with Crippen LogP contribution in [0.5, 0.6) is 0 Å². The van der Waals surface area contributed by atoms with Gasteiger partial charge >= 0.3 is 11.9 Å². The lowest BCUT2D eigenvalue weighted by Crippen LogP contribution is -2.30. The summed E-state index contributed by atoms with van der Waals surface area (Å²) in [6.07, 6.45) is 56.9. The van der Waals surface area contributed by atoms with Crippen molar-refractivity contribution in [1.82, 2.24) is 0 Å². The number of rotatable bonds is 44. The molecule has 0 aliphatic heterocycles. The molecule has 0 saturated heterocycles. The summed E-state index contributed by atoms with van der Waals surface area (Å²) < 4.78 is 17.3. The predicted molar refractivity (Wildman–Crippen MR) is 242 cm³/mol. The fourth-order valence-electron chi connectivity index (χ4n) is 6.67. The molecule has 0 amide bonds. The molecule has 5 nitrogen and oxygen atoms in total. The molecular weight excluding hydrogens is 693 g/mol. The summed E-state index contributed by atoms with van der Waals surface area (Å²) in [6.45, 7) is 7.73. The monoisotopic (exact) mass is 785 g/mol. The van der Waals surface area contributed by atoms with E-state index >= 15 is 0 Å². The lowest BCUT2D eigenvalue weighted by molar-refractivity contribution is -0.163. The van der Waals surface area contributed by atoms with Gasteiger partial charge in [-0.3, -0.25) is 9.59 Å². The van der Waals surface area contributed by atoms with Crippen molar-refractivity contribution >= 4 is 11.9 Å². The summed E-state index contributed by atoms with van der Waals surface area (Å²) in [6, 6.07) is 0. The zero-order valence-electron chi connectivity index (χ0n) is 37.4. The quantitative estimate of drug-likeness (QED) is 0.0350. The maximum absolute atomic E-state index is 12.7. The second-order valence-electron chi connectivity index (χ2n) is 16.0. The van der Waals surface area contributed by atoms with Crippen molar-refractivity contribution in [3.63, 3.8) is 0 Å². The third-order valence-electron chi connectivity index (χ3n) is 10.3. The molecule has 0 radical (unpaired) electrons. The van der Waals surface area contributed by atoms with Gasteiger partial charge in [-0.15, -0.1) is 0 Å². The van der Waals surface area contributed by atoms with Crippen molar-refractivity contribution in [2.24, 2.45) is 0 Å². The van der Waals surface area contributed by atoms with Crippen LogP contribution in [0, 0.1) is 0 Å². The van der Waals surface area contributed by atoms with Crippen LogP contribution in [0.15, 0.2) is 48.6 Å². The Bertz CT molecular complexity index is 935. The van der Waals surface area contributed by atoms with Gasteiger partial charge in [0, 0.05) is 19.4 Å². The lowest BCUT2D eigenvalue weighted by atomic mass is 10.1. The van der Waals surface area contributed by atoms with E-state index in [1.54, 1.807) is 0 Å². The van der Waals surface area contributed by atoms with E-state index in [0.717, 1.165) is 64.2 Å². The van der Waals surface area contributed by atoms with E-state index < -0.39 is 6.10 Å². The molecule has 1 atom stereocenters. The van der Waals surface area contributed by atoms with Crippen molar-refractivity contribution in [2.45, 2.75) is 245 Å². The Morgan fingerprint density at radius 3 is 1.30 bits per heavy atom. The molecule has 1 unspecified atom stereocenters. The standard InChI is InChI=1S/C51H92O5/c1-4-7-10-13-16-19-21-22-23-24-25-26-27-28-29-31-34-37-40-43-46-54-47-49(56-51(53)45-42-39-36-32-18-15-12-9-6-3)48-55-50(52)44-41-38-35-33-30-20-17-14-11-8-5-2/h14,16-17,19,22-23,25-26,49H,4-13,15,18,20-21,24,27-48H2,1-3H3/b17-14-,19-16-,23-22-,26-25-. The summed E-state index contributed by atoms with van der Waals surface area (Å²) in [5.74, 6) is -0.412. The molecule has 56 heavy (non-hydrogen) atoms. The highest BCUT2D eigenvalue weighted by Gasteiger charge is 2.17. The zero-order chi connectivity index (χ0) is 40.7. The van der Waals surface area contributed by atoms with Crippen LogP contribution < -0.4 is 0 Å². The predicted octanol–water partition coefficient (Wildman–Crippen LogP) is 16.0. The molecule has 5 heteroatoms. The molecule has 0 bridgehead atoms. The van der Waals surface area contributed by atoms with Gasteiger partial charge in [0.1, 0.15) is 6.61 Å². The maximum atomic E-state index is 12.7. The molecule has 0 heterocycles. The average Bonchev–Trinajstić information content (AvgIpc) is 3.20. The normalized spacial score (nSPS) is 12.6. The summed E-state index contributed by atoms with van der Waals surface area (Å²) in [4.78, 5) is 25.2. The fraction of sp³-hybridized carbons (Fsp3) is 0.804. The van der Waals surface area contributed by atoms with Crippen molar-refractivity contribution in [3.8, 4) is 0 Å². The number of ether oxygens (including phenoxy) is 3. The van der Waals surface area contributed by atoms with E-state index in [1.807, 2.05) is 0 Å². The molecule has 326 valence electrons. The van der Waals surface area contributed by atoms with Crippen molar-refractivity contribution in [2.75, 3.05) is 19.8 Å². The summed E-state index contributed by atoms with van der Waals surface area (Å²) in [7, 11) is 0. The van der Waals surface area contributed by atoms with Gasteiger partial charge in [-0.25, -0.2) is 0 Å². The van der Waals surface area contributed by atoms with Crippen LogP contribution >= 0.6 is 0 Å². The van der Waals surface area contributed by atoms with Crippen molar-refractivity contribution < 1.29 is 23.8 Å². The largest absolute Gasteiger partial charge is 0.462 e. The Labute approximate surface area is 348 Å². The summed E-state index contributed by atoms with van der Waals surface area (Å²) in [5.41, 5.74) is 0. The van der Waals surface area contributed by atoms with Gasteiger partial charge in [-0.05, 0) is 77.0 Å². The minimum Gasteiger partial charge on any atom is -0.462 e. The van der Waals surface area contributed by atoms with Gasteiger partial charge in [-0.2, -0.15) is 0 Å². The number of allylic oxidation sites excluding steroid dienone is 8. The fourth-order valence-corrected chi connectivity index (χ4v) is 6.67. The first-order chi connectivity index (χ1) is 27.6. The van der Waals surface area contributed by atoms with Crippen LogP contribution in [0.25, 0.3) is 0 Å². The lowest BCUT2D eigenvalue weighted by Gasteiger charge is -2.18. The molecule has 0 fully saturated rings. The van der Waals surface area contributed by atoms with Gasteiger partial charge in [0.05, 0.1) is 6.61 Å². The Morgan fingerprint density at radius 1 is 0.393 bits per heavy atom. The minimum absolute atomic E-state index is 0.0788. The van der Waals surface area contributed by atoms with Crippen molar-refractivity contribution in [3.05, 3.63) is 48.6 Å². The van der Waals surface area contributed by atoms with E-state index in [2.05, 4.69) is 69.4 Å². The zero-order valence-corrected chi connectivity index (χ0v) is 37.4. The molecule has 0 aromatic carbocycles. The third kappa shape index (κ3) is 44.6. The Balaban J connectivity index is 4.18. The summed E-state index contributed by atoms with van der Waals surface area (Å²) in [5, 5.41) is 0. The first-order valence-corrected chi connectivity index (χ1v) is 24.2. The number of hydrogen-bond donors (Lipinski definition) is 0. The second kappa shape index (κ2) is 47.2. The summed E-state index contributed by atoms with van der Waals surface area (Å²) >= 11 is 0. The molecule has 0 aromatic rings. The van der Waals surface area contributed by atoms with E-state index in [1.165, 1.54) is 141 Å². The van der Waals surface area contributed by atoms with Crippen molar-refractivity contribution in [1.29, 1.82) is 0 Å². The molecule has 0 aliphatic rings. The smallest absolute Gasteiger partial charge is 0.306 e. The van der Waals surface area contributed by atoms with Gasteiger partial charge in [0.25, 0.3) is 0 Å². The van der Waals surface area contributed by atoms with Gasteiger partial charge < -0.3 is 14.2 Å². The topological polar surface area (TPSA) is 61.8 Å². The molecule has 0 N–H and O–H groups in total. The minimum atomic E-state index is -0.539. The van der Waals surface area contributed by atoms with E-state index in [-0.39, 0.29) is 25.2 Å². The Hall–Kier alpha value is -2.14. The van der Waals surface area contributed by atoms with Crippen LogP contribution in [-0.4, -0.2) is 37.9 Å². The number of carbonyl (C=O) groups excluding carboxylic acids is 2. The second-order valence-corrected chi connectivity index (χ2v) is 16.0. The number of carbonyl (C=O) groups is 2. The van der Waals surface area contributed by atoms with Crippen LogP contribution in [-0.2, 0) is 23.8 Å². The number of unbranched alkanes of at least 4 members (excludes halogenated alkanes) is 25. The molecule has 0 saturated carbocycles. The highest BCUT2D eigenvalue weighted by atomic mass is 16.6. The van der Waals surface area contributed by atoms with E-state index in [4.69, 9.17) is 14.2 Å². The van der Waals surface area contributed by atoms with Crippen LogP contribution in [0.3, 0.4) is 0 Å². The number of esters is 2. The van der Waals surface area contributed by atoms with Crippen LogP contribution in [0.1, 0.15) is 239 Å². The molecule has 0 rings (SSSR count). The molecule has 0 spiro atoms. The Morgan fingerprint density at radius 2 is 0.768 bits per heavy atom. The first kappa shape index (κ1) is 53.9. The van der Waals surface area contributed by atoms with Gasteiger partial charge in [0.2, 0.25) is 0 Å². The van der Waals surface area contributed by atoms with Crippen LogP contribution in [0.4, 0.5) is 0 Å². The van der Waals surface area contributed by atoms with Gasteiger partial charge in [0.15, 0.2) is 6.10 Å². The van der Waals surface area contributed by atoms with Crippen LogP contribution in [0.2, 0.25) is 0 Å². The average molecular weight is 785 g/mol. The molecule has 0 aliphatic carbocycles. The number of hydrogen-bond acceptors (Lipinski definition) is 5. The highest BCUT2D eigenvalue weighted by molar-refractivity contribution is 5.70. The van der Waals surface area contributed by atoms with E-state index in [9.17, 15) is 9.59 Å².